The summed E-state index contributed by atoms with van der Waals surface area (Å²) in [6.07, 6.45) is 5.25. The molecule has 0 heterocycles. The minimum Gasteiger partial charge on any atom is -0.484 e. The summed E-state index contributed by atoms with van der Waals surface area (Å²) in [5.41, 5.74) is 1.53. The van der Waals surface area contributed by atoms with Gasteiger partial charge in [-0.3, -0.25) is 4.79 Å². The van der Waals surface area contributed by atoms with Crippen LogP contribution in [0.2, 0.25) is 0 Å². The number of rotatable bonds is 4. The first-order valence-electron chi connectivity index (χ1n) is 5.82. The van der Waals surface area contributed by atoms with Gasteiger partial charge in [0.25, 0.3) is 5.91 Å². The first-order chi connectivity index (χ1) is 9.28. The number of benzene rings is 2. The molecule has 0 saturated heterocycles. The zero-order valence-electron chi connectivity index (χ0n) is 10.3. The van der Waals surface area contributed by atoms with Crippen LogP contribution in [0.5, 0.6) is 5.75 Å². The maximum atomic E-state index is 11.6. The average molecular weight is 251 g/mol. The fraction of sp³-hybridized carbons (Fsp3) is 0.0625. The van der Waals surface area contributed by atoms with E-state index in [1.54, 1.807) is 24.3 Å². The van der Waals surface area contributed by atoms with Crippen molar-refractivity contribution in [3.8, 4) is 18.1 Å². The number of nitrogens with one attached hydrogen (secondary N) is 1. The Bertz CT molecular complexity index is 582. The Morgan fingerprint density at radius 2 is 1.79 bits per heavy atom. The molecule has 1 amide bonds. The standard InChI is InChI=1S/C16H13NO2/c1-2-13-8-10-15(11-9-13)19-12-16(18)17-14-6-4-3-5-7-14/h1,3-11H,12H2,(H,17,18). The number of hydrogen-bond acceptors (Lipinski definition) is 2. The molecule has 0 aliphatic carbocycles. The maximum Gasteiger partial charge on any atom is 0.262 e. The lowest BCUT2D eigenvalue weighted by atomic mass is 10.2. The van der Waals surface area contributed by atoms with Gasteiger partial charge in [-0.2, -0.15) is 0 Å². The molecule has 2 rings (SSSR count). The largest absolute Gasteiger partial charge is 0.484 e. The Morgan fingerprint density at radius 3 is 2.42 bits per heavy atom. The van der Waals surface area contributed by atoms with E-state index in [2.05, 4.69) is 11.2 Å². The predicted octanol–water partition coefficient (Wildman–Crippen LogP) is 2.69. The fourth-order valence-corrected chi connectivity index (χ4v) is 1.51. The van der Waals surface area contributed by atoms with E-state index in [0.29, 0.717) is 5.75 Å². The topological polar surface area (TPSA) is 38.3 Å². The number of hydrogen-bond donors (Lipinski definition) is 1. The smallest absolute Gasteiger partial charge is 0.262 e. The van der Waals surface area contributed by atoms with E-state index in [-0.39, 0.29) is 12.5 Å². The molecule has 0 fully saturated rings. The Labute approximate surface area is 112 Å². The Kier molecular flexibility index (Phi) is 4.20. The molecule has 0 atom stereocenters. The molecule has 0 radical (unpaired) electrons. The molecule has 1 N–H and O–H groups in total. The molecule has 2 aromatic carbocycles. The monoisotopic (exact) mass is 251 g/mol. The van der Waals surface area contributed by atoms with Gasteiger partial charge in [0.15, 0.2) is 6.61 Å². The molecule has 0 aliphatic heterocycles. The number of para-hydroxylation sites is 1. The molecular weight excluding hydrogens is 238 g/mol. The fourth-order valence-electron chi connectivity index (χ4n) is 1.51. The van der Waals surface area contributed by atoms with Crippen LogP contribution in [-0.4, -0.2) is 12.5 Å². The highest BCUT2D eigenvalue weighted by atomic mass is 16.5. The Morgan fingerprint density at radius 1 is 1.11 bits per heavy atom. The summed E-state index contributed by atoms with van der Waals surface area (Å²) in [4.78, 5) is 11.6. The molecule has 0 bridgehead atoms. The number of ether oxygens (including phenoxy) is 1. The second-order valence-electron chi connectivity index (χ2n) is 3.87. The van der Waals surface area contributed by atoms with E-state index < -0.39 is 0 Å². The minimum atomic E-state index is -0.202. The Balaban J connectivity index is 1.85. The van der Waals surface area contributed by atoms with Crippen molar-refractivity contribution in [1.82, 2.24) is 0 Å². The second kappa shape index (κ2) is 6.27. The minimum absolute atomic E-state index is 0.0374. The zero-order chi connectivity index (χ0) is 13.5. The van der Waals surface area contributed by atoms with Gasteiger partial charge in [-0.1, -0.05) is 24.1 Å². The van der Waals surface area contributed by atoms with E-state index in [1.807, 2.05) is 30.3 Å². The van der Waals surface area contributed by atoms with Crippen molar-refractivity contribution in [3.05, 3.63) is 60.2 Å². The number of amides is 1. The van der Waals surface area contributed by atoms with Gasteiger partial charge in [0.1, 0.15) is 5.75 Å². The van der Waals surface area contributed by atoms with Crippen LogP contribution in [0, 0.1) is 12.3 Å². The molecule has 0 aliphatic rings. The van der Waals surface area contributed by atoms with Crippen molar-refractivity contribution in [1.29, 1.82) is 0 Å². The van der Waals surface area contributed by atoms with Gasteiger partial charge in [-0.25, -0.2) is 0 Å². The first-order valence-corrected chi connectivity index (χ1v) is 5.82. The summed E-state index contributed by atoms with van der Waals surface area (Å²) < 4.78 is 5.36. The van der Waals surface area contributed by atoms with Gasteiger partial charge in [-0.05, 0) is 36.4 Å². The number of terminal acetylenes is 1. The van der Waals surface area contributed by atoms with Gasteiger partial charge >= 0.3 is 0 Å². The molecule has 3 heteroatoms. The lowest BCUT2D eigenvalue weighted by Gasteiger charge is -2.07. The highest BCUT2D eigenvalue weighted by Gasteiger charge is 2.03. The quantitative estimate of drug-likeness (QED) is 0.848. The van der Waals surface area contributed by atoms with Crippen LogP contribution in [-0.2, 0) is 4.79 Å². The second-order valence-corrected chi connectivity index (χ2v) is 3.87. The normalized spacial score (nSPS) is 9.42. The van der Waals surface area contributed by atoms with E-state index in [4.69, 9.17) is 11.2 Å². The van der Waals surface area contributed by atoms with Crippen molar-refractivity contribution in [2.75, 3.05) is 11.9 Å². The molecule has 19 heavy (non-hydrogen) atoms. The van der Waals surface area contributed by atoms with Crippen LogP contribution in [0.15, 0.2) is 54.6 Å². The molecule has 0 saturated carbocycles. The molecular formula is C16H13NO2. The van der Waals surface area contributed by atoms with Gasteiger partial charge in [0.2, 0.25) is 0 Å². The van der Waals surface area contributed by atoms with E-state index in [0.717, 1.165) is 11.3 Å². The van der Waals surface area contributed by atoms with Crippen molar-refractivity contribution in [2.24, 2.45) is 0 Å². The van der Waals surface area contributed by atoms with Crippen LogP contribution < -0.4 is 10.1 Å². The lowest BCUT2D eigenvalue weighted by molar-refractivity contribution is -0.118. The van der Waals surface area contributed by atoms with E-state index in [1.165, 1.54) is 0 Å². The van der Waals surface area contributed by atoms with Crippen LogP contribution in [0.1, 0.15) is 5.56 Å². The van der Waals surface area contributed by atoms with Crippen molar-refractivity contribution < 1.29 is 9.53 Å². The van der Waals surface area contributed by atoms with Gasteiger partial charge < -0.3 is 10.1 Å². The van der Waals surface area contributed by atoms with E-state index >= 15 is 0 Å². The van der Waals surface area contributed by atoms with Gasteiger partial charge in [0, 0.05) is 11.3 Å². The van der Waals surface area contributed by atoms with Crippen LogP contribution in [0.25, 0.3) is 0 Å². The first kappa shape index (κ1) is 12.7. The SMILES string of the molecule is C#Cc1ccc(OCC(=O)Nc2ccccc2)cc1. The molecule has 0 aromatic heterocycles. The third-order valence-electron chi connectivity index (χ3n) is 2.45. The van der Waals surface area contributed by atoms with Crippen LogP contribution in [0.3, 0.4) is 0 Å². The summed E-state index contributed by atoms with van der Waals surface area (Å²) in [5.74, 6) is 2.93. The Hall–Kier alpha value is -2.73. The van der Waals surface area contributed by atoms with Crippen molar-refractivity contribution in [3.63, 3.8) is 0 Å². The zero-order valence-corrected chi connectivity index (χ0v) is 10.3. The predicted molar refractivity (Wildman–Crippen MR) is 74.9 cm³/mol. The van der Waals surface area contributed by atoms with Crippen molar-refractivity contribution in [2.45, 2.75) is 0 Å². The molecule has 0 unspecified atom stereocenters. The van der Waals surface area contributed by atoms with Gasteiger partial charge in [-0.15, -0.1) is 6.42 Å². The number of anilines is 1. The molecule has 3 nitrogen and oxygen atoms in total. The summed E-state index contributed by atoms with van der Waals surface area (Å²) in [6.45, 7) is -0.0374. The summed E-state index contributed by atoms with van der Waals surface area (Å²) >= 11 is 0. The highest BCUT2D eigenvalue weighted by Crippen LogP contribution is 2.11. The van der Waals surface area contributed by atoms with Crippen LogP contribution in [0.4, 0.5) is 5.69 Å². The average Bonchev–Trinajstić information content (AvgIpc) is 2.47. The highest BCUT2D eigenvalue weighted by molar-refractivity contribution is 5.91. The van der Waals surface area contributed by atoms with Crippen LogP contribution >= 0.6 is 0 Å². The van der Waals surface area contributed by atoms with Gasteiger partial charge in [0.05, 0.1) is 0 Å². The summed E-state index contributed by atoms with van der Waals surface area (Å²) in [6, 6.07) is 16.3. The van der Waals surface area contributed by atoms with E-state index in [9.17, 15) is 4.79 Å². The lowest BCUT2D eigenvalue weighted by Crippen LogP contribution is -2.20. The third-order valence-corrected chi connectivity index (χ3v) is 2.45. The third kappa shape index (κ3) is 3.90. The summed E-state index contributed by atoms with van der Waals surface area (Å²) in [7, 11) is 0. The number of carbonyl (C=O) groups is 1. The molecule has 2 aromatic rings. The molecule has 94 valence electrons. The van der Waals surface area contributed by atoms with Crippen molar-refractivity contribution >= 4 is 11.6 Å². The maximum absolute atomic E-state index is 11.6. The summed E-state index contributed by atoms with van der Waals surface area (Å²) in [5, 5.41) is 2.74. The molecule has 0 spiro atoms. The number of carbonyl (C=O) groups excluding carboxylic acids is 1.